The lowest BCUT2D eigenvalue weighted by Gasteiger charge is -2.10. The highest BCUT2D eigenvalue weighted by atomic mass is 19.1. The van der Waals surface area contributed by atoms with Crippen molar-refractivity contribution >= 4 is 23.0 Å². The topological polar surface area (TPSA) is 81.1 Å². The Hall–Kier alpha value is -2.56. The summed E-state index contributed by atoms with van der Waals surface area (Å²) in [7, 11) is 0. The quantitative estimate of drug-likeness (QED) is 0.725. The van der Waals surface area contributed by atoms with Crippen molar-refractivity contribution in [3.05, 3.63) is 53.8 Å². The predicted octanol–water partition coefficient (Wildman–Crippen LogP) is 2.25. The number of amides is 1. The Morgan fingerprint density at radius 1 is 1.17 bits per heavy atom. The maximum absolute atomic E-state index is 13.0. The molecule has 4 nitrogen and oxygen atoms in total. The number of benzene rings is 2. The van der Waals surface area contributed by atoms with Gasteiger partial charge < -0.3 is 16.8 Å². The lowest BCUT2D eigenvalue weighted by atomic mass is 10.1. The van der Waals surface area contributed by atoms with E-state index in [-0.39, 0.29) is 5.82 Å². The molecule has 2 aromatic rings. The van der Waals surface area contributed by atoms with Crippen LogP contribution >= 0.6 is 0 Å². The van der Waals surface area contributed by atoms with Gasteiger partial charge in [0.2, 0.25) is 5.91 Å². The molecule has 2 rings (SSSR count). The molecule has 0 fully saturated rings. The number of anilines is 3. The van der Waals surface area contributed by atoms with Crippen molar-refractivity contribution in [2.24, 2.45) is 5.73 Å². The first-order valence-corrected chi connectivity index (χ1v) is 5.28. The monoisotopic (exact) mass is 245 g/mol. The Bertz CT molecular complexity index is 599. The summed E-state index contributed by atoms with van der Waals surface area (Å²) >= 11 is 0. The van der Waals surface area contributed by atoms with E-state index in [2.05, 4.69) is 5.32 Å². The summed E-state index contributed by atoms with van der Waals surface area (Å²) in [6.45, 7) is 0. The number of carbonyl (C=O) groups is 1. The lowest BCUT2D eigenvalue weighted by Crippen LogP contribution is -2.11. The van der Waals surface area contributed by atoms with Crippen LogP contribution in [-0.4, -0.2) is 5.91 Å². The van der Waals surface area contributed by atoms with E-state index >= 15 is 0 Å². The van der Waals surface area contributed by atoms with Crippen LogP contribution < -0.4 is 16.8 Å². The van der Waals surface area contributed by atoms with E-state index in [1.165, 1.54) is 18.2 Å². The van der Waals surface area contributed by atoms with Crippen molar-refractivity contribution in [3.8, 4) is 0 Å². The first-order valence-electron chi connectivity index (χ1n) is 5.28. The zero-order valence-electron chi connectivity index (χ0n) is 9.48. The Balaban J connectivity index is 2.27. The van der Waals surface area contributed by atoms with Gasteiger partial charge >= 0.3 is 0 Å². The van der Waals surface area contributed by atoms with E-state index in [0.29, 0.717) is 22.6 Å². The van der Waals surface area contributed by atoms with Crippen LogP contribution in [0.5, 0.6) is 0 Å². The molecule has 0 heterocycles. The molecule has 2 aromatic carbocycles. The van der Waals surface area contributed by atoms with E-state index in [1.54, 1.807) is 24.3 Å². The minimum Gasteiger partial charge on any atom is -0.397 e. The molecule has 18 heavy (non-hydrogen) atoms. The van der Waals surface area contributed by atoms with Gasteiger partial charge in [-0.2, -0.15) is 0 Å². The average Bonchev–Trinajstić information content (AvgIpc) is 2.31. The molecule has 0 radical (unpaired) electrons. The normalized spacial score (nSPS) is 10.1. The molecule has 0 bridgehead atoms. The summed E-state index contributed by atoms with van der Waals surface area (Å²) in [4.78, 5) is 11.0. The van der Waals surface area contributed by atoms with Gasteiger partial charge in [0.05, 0.1) is 11.4 Å². The van der Waals surface area contributed by atoms with Gasteiger partial charge in [0, 0.05) is 11.3 Å². The summed E-state index contributed by atoms with van der Waals surface area (Å²) in [5.41, 5.74) is 12.8. The van der Waals surface area contributed by atoms with Crippen LogP contribution in [0.2, 0.25) is 0 Å². The predicted molar refractivity (Wildman–Crippen MR) is 69.1 cm³/mol. The van der Waals surface area contributed by atoms with Gasteiger partial charge in [-0.3, -0.25) is 4.79 Å². The SMILES string of the molecule is NC(=O)c1ccc(Nc2cccc(F)c2)c(N)c1. The number of nitrogen functional groups attached to an aromatic ring is 1. The van der Waals surface area contributed by atoms with Gasteiger partial charge in [-0.1, -0.05) is 6.07 Å². The fourth-order valence-electron chi connectivity index (χ4n) is 1.55. The highest BCUT2D eigenvalue weighted by molar-refractivity contribution is 5.95. The molecule has 0 aliphatic heterocycles. The van der Waals surface area contributed by atoms with E-state index < -0.39 is 5.91 Å². The van der Waals surface area contributed by atoms with E-state index in [9.17, 15) is 9.18 Å². The van der Waals surface area contributed by atoms with Crippen LogP contribution in [0.15, 0.2) is 42.5 Å². The summed E-state index contributed by atoms with van der Waals surface area (Å²) in [5, 5.41) is 2.96. The summed E-state index contributed by atoms with van der Waals surface area (Å²) in [6.07, 6.45) is 0. The first kappa shape index (κ1) is 11.9. The standard InChI is InChI=1S/C13H12FN3O/c14-9-2-1-3-10(7-9)17-12-5-4-8(13(16)18)6-11(12)15/h1-7,17H,15H2,(H2,16,18). The second kappa shape index (κ2) is 4.75. The summed E-state index contributed by atoms with van der Waals surface area (Å²) in [6, 6.07) is 10.7. The van der Waals surface area contributed by atoms with Crippen LogP contribution in [0, 0.1) is 5.82 Å². The fourth-order valence-corrected chi connectivity index (χ4v) is 1.55. The Kier molecular flexibility index (Phi) is 3.14. The number of nitrogens with two attached hydrogens (primary N) is 2. The van der Waals surface area contributed by atoms with Crippen molar-refractivity contribution in [1.82, 2.24) is 0 Å². The lowest BCUT2D eigenvalue weighted by molar-refractivity contribution is 0.100. The van der Waals surface area contributed by atoms with E-state index in [4.69, 9.17) is 11.5 Å². The fraction of sp³-hybridized carbons (Fsp3) is 0. The number of halogens is 1. The van der Waals surface area contributed by atoms with Crippen LogP contribution in [0.3, 0.4) is 0 Å². The Labute approximate surface area is 103 Å². The molecule has 0 aliphatic carbocycles. The number of carbonyl (C=O) groups excluding carboxylic acids is 1. The maximum Gasteiger partial charge on any atom is 0.248 e. The highest BCUT2D eigenvalue weighted by Crippen LogP contribution is 2.24. The van der Waals surface area contributed by atoms with Gasteiger partial charge in [0.25, 0.3) is 0 Å². The summed E-state index contributed by atoms with van der Waals surface area (Å²) in [5.74, 6) is -0.883. The summed E-state index contributed by atoms with van der Waals surface area (Å²) < 4.78 is 13.0. The van der Waals surface area contributed by atoms with Gasteiger partial charge in [-0.05, 0) is 36.4 Å². The van der Waals surface area contributed by atoms with Crippen LogP contribution in [0.25, 0.3) is 0 Å². The molecular formula is C13H12FN3O. The Morgan fingerprint density at radius 2 is 1.94 bits per heavy atom. The molecule has 0 aromatic heterocycles. The molecule has 5 N–H and O–H groups in total. The maximum atomic E-state index is 13.0. The van der Waals surface area contributed by atoms with Crippen molar-refractivity contribution in [1.29, 1.82) is 0 Å². The third-order valence-electron chi connectivity index (χ3n) is 2.44. The van der Waals surface area contributed by atoms with E-state index in [1.807, 2.05) is 0 Å². The Morgan fingerprint density at radius 3 is 2.56 bits per heavy atom. The molecule has 92 valence electrons. The highest BCUT2D eigenvalue weighted by Gasteiger charge is 2.05. The largest absolute Gasteiger partial charge is 0.397 e. The number of hydrogen-bond acceptors (Lipinski definition) is 3. The van der Waals surface area contributed by atoms with Gasteiger partial charge in [0.1, 0.15) is 5.82 Å². The molecule has 0 spiro atoms. The third kappa shape index (κ3) is 2.57. The van der Waals surface area contributed by atoms with Crippen molar-refractivity contribution < 1.29 is 9.18 Å². The molecule has 0 aliphatic rings. The molecule has 0 saturated carbocycles. The first-order chi connectivity index (χ1) is 8.56. The van der Waals surface area contributed by atoms with E-state index in [0.717, 1.165) is 0 Å². The van der Waals surface area contributed by atoms with Crippen LogP contribution in [0.1, 0.15) is 10.4 Å². The number of nitrogens with one attached hydrogen (secondary N) is 1. The van der Waals surface area contributed by atoms with Crippen LogP contribution in [0.4, 0.5) is 21.5 Å². The molecular weight excluding hydrogens is 233 g/mol. The molecule has 0 saturated heterocycles. The van der Waals surface area contributed by atoms with Crippen molar-refractivity contribution in [2.45, 2.75) is 0 Å². The van der Waals surface area contributed by atoms with Gasteiger partial charge in [-0.15, -0.1) is 0 Å². The smallest absolute Gasteiger partial charge is 0.248 e. The zero-order valence-corrected chi connectivity index (χ0v) is 9.48. The second-order valence-corrected chi connectivity index (χ2v) is 3.80. The molecule has 5 heteroatoms. The number of rotatable bonds is 3. The molecule has 0 unspecified atom stereocenters. The molecule has 0 atom stereocenters. The zero-order chi connectivity index (χ0) is 13.1. The average molecular weight is 245 g/mol. The van der Waals surface area contributed by atoms with Crippen molar-refractivity contribution in [3.63, 3.8) is 0 Å². The minimum atomic E-state index is -0.543. The van der Waals surface area contributed by atoms with Gasteiger partial charge in [-0.25, -0.2) is 4.39 Å². The van der Waals surface area contributed by atoms with Crippen LogP contribution in [-0.2, 0) is 0 Å². The van der Waals surface area contributed by atoms with Crippen molar-refractivity contribution in [2.75, 3.05) is 11.1 Å². The third-order valence-corrected chi connectivity index (χ3v) is 2.44. The number of primary amides is 1. The second-order valence-electron chi connectivity index (χ2n) is 3.80. The minimum absolute atomic E-state index is 0.331. The number of hydrogen-bond donors (Lipinski definition) is 3. The molecule has 1 amide bonds. The van der Waals surface area contributed by atoms with Gasteiger partial charge in [0.15, 0.2) is 0 Å².